The van der Waals surface area contributed by atoms with E-state index in [1.165, 1.54) is 25.1 Å². The van der Waals surface area contributed by atoms with Gasteiger partial charge in [-0.25, -0.2) is 9.37 Å². The number of nitrogens with two attached hydrogens (primary N) is 1. The molecule has 16 heteroatoms. The molecule has 4 N–H and O–H groups in total. The number of nitrogens with zero attached hydrogens (tertiary/aromatic N) is 2. The number of pyridine rings is 2. The summed E-state index contributed by atoms with van der Waals surface area (Å²) < 4.78 is 111. The number of alkyl halides is 6. The third kappa shape index (κ3) is 6.30. The zero-order valence-corrected chi connectivity index (χ0v) is 26.0. The Balaban J connectivity index is 1.37. The van der Waals surface area contributed by atoms with Crippen LogP contribution in [0.15, 0.2) is 67.0 Å². The SMILES string of the molecule is C[C@]1(C(N)=O)COc2c1cc(C(O)(CNC(=O)c1ccc(-c3ccncc3C(F)(F)F)c(OC3CC3)c1)C(F)(F)F)nc2-c1ccc(F)cc1. The zero-order chi connectivity index (χ0) is 36.2. The lowest BCUT2D eigenvalue weighted by atomic mass is 9.81. The maximum absolute atomic E-state index is 14.8. The predicted molar refractivity (Wildman–Crippen MR) is 162 cm³/mol. The minimum Gasteiger partial charge on any atom is -0.490 e. The van der Waals surface area contributed by atoms with E-state index >= 15 is 0 Å². The number of carbonyl (C=O) groups is 2. The lowest BCUT2D eigenvalue weighted by Gasteiger charge is -2.31. The Morgan fingerprint density at radius 1 is 1.04 bits per heavy atom. The third-order valence-corrected chi connectivity index (χ3v) is 8.61. The summed E-state index contributed by atoms with van der Waals surface area (Å²) in [6.45, 7) is -0.507. The Labute approximate surface area is 279 Å². The Kier molecular flexibility index (Phi) is 8.49. The highest BCUT2D eigenvalue weighted by molar-refractivity contribution is 5.96. The number of halogens is 7. The Bertz CT molecular complexity index is 1980. The second kappa shape index (κ2) is 12.3. The first-order valence-corrected chi connectivity index (χ1v) is 15.1. The van der Waals surface area contributed by atoms with Crippen LogP contribution in [0.4, 0.5) is 30.7 Å². The monoisotopic (exact) mass is 704 g/mol. The molecule has 1 saturated carbocycles. The van der Waals surface area contributed by atoms with Crippen molar-refractivity contribution in [2.24, 2.45) is 5.73 Å². The van der Waals surface area contributed by atoms with Crippen molar-refractivity contribution in [3.05, 3.63) is 95.2 Å². The highest BCUT2D eigenvalue weighted by atomic mass is 19.4. The zero-order valence-electron chi connectivity index (χ0n) is 26.0. The van der Waals surface area contributed by atoms with Crippen LogP contribution in [0.2, 0.25) is 0 Å². The second-order valence-electron chi connectivity index (χ2n) is 12.2. The van der Waals surface area contributed by atoms with Crippen molar-refractivity contribution in [3.63, 3.8) is 0 Å². The maximum atomic E-state index is 14.8. The van der Waals surface area contributed by atoms with Crippen molar-refractivity contribution in [1.29, 1.82) is 0 Å². The number of nitrogens with one attached hydrogen (secondary N) is 1. The molecule has 1 aliphatic heterocycles. The van der Waals surface area contributed by atoms with Gasteiger partial charge in [-0.2, -0.15) is 26.3 Å². The van der Waals surface area contributed by atoms with Gasteiger partial charge in [0.2, 0.25) is 11.5 Å². The first kappa shape index (κ1) is 34.6. The van der Waals surface area contributed by atoms with Crippen LogP contribution in [0.1, 0.15) is 46.9 Å². The van der Waals surface area contributed by atoms with Gasteiger partial charge in [0.1, 0.15) is 35.0 Å². The number of carbonyl (C=O) groups excluding carboxylic acids is 2. The van der Waals surface area contributed by atoms with Gasteiger partial charge >= 0.3 is 12.4 Å². The van der Waals surface area contributed by atoms with E-state index in [-0.39, 0.29) is 57.7 Å². The summed E-state index contributed by atoms with van der Waals surface area (Å²) in [5.41, 5.74) is -2.85. The van der Waals surface area contributed by atoms with Crippen molar-refractivity contribution >= 4 is 11.8 Å². The molecule has 3 heterocycles. The van der Waals surface area contributed by atoms with Crippen LogP contribution in [0, 0.1) is 5.82 Å². The fraction of sp³-hybridized carbons (Fsp3) is 0.294. The Morgan fingerprint density at radius 3 is 2.36 bits per heavy atom. The van der Waals surface area contributed by atoms with Gasteiger partial charge in [-0.15, -0.1) is 0 Å². The van der Waals surface area contributed by atoms with Crippen LogP contribution < -0.4 is 20.5 Å². The molecule has 0 saturated heterocycles. The largest absolute Gasteiger partial charge is 0.490 e. The molecule has 9 nitrogen and oxygen atoms in total. The number of rotatable bonds is 9. The number of hydrogen-bond acceptors (Lipinski definition) is 7. The molecular formula is C34H27F7N4O5. The van der Waals surface area contributed by atoms with Gasteiger partial charge in [-0.1, -0.05) is 0 Å². The van der Waals surface area contributed by atoms with Gasteiger partial charge in [0.15, 0.2) is 0 Å². The molecule has 1 unspecified atom stereocenters. The molecular weight excluding hydrogens is 677 g/mol. The summed E-state index contributed by atoms with van der Waals surface area (Å²) in [5, 5.41) is 13.3. The average molecular weight is 705 g/mol. The topological polar surface area (TPSA) is 137 Å². The van der Waals surface area contributed by atoms with Crippen LogP contribution >= 0.6 is 0 Å². The number of ether oxygens (including phenoxy) is 2. The van der Waals surface area contributed by atoms with Crippen molar-refractivity contribution in [2.75, 3.05) is 13.2 Å². The van der Waals surface area contributed by atoms with E-state index in [2.05, 4.69) is 9.97 Å². The molecule has 2 atom stereocenters. The molecule has 0 radical (unpaired) electrons. The lowest BCUT2D eigenvalue weighted by molar-refractivity contribution is -0.265. The fourth-order valence-corrected chi connectivity index (χ4v) is 5.45. The van der Waals surface area contributed by atoms with Crippen molar-refractivity contribution in [3.8, 4) is 33.9 Å². The number of primary amides is 1. The average Bonchev–Trinajstić information content (AvgIpc) is 3.82. The van der Waals surface area contributed by atoms with E-state index in [0.29, 0.717) is 19.0 Å². The summed E-state index contributed by atoms with van der Waals surface area (Å²) in [6.07, 6.45) is -7.59. The minimum atomic E-state index is -5.47. The summed E-state index contributed by atoms with van der Waals surface area (Å²) in [6, 6.07) is 9.82. The molecule has 2 aromatic heterocycles. The van der Waals surface area contributed by atoms with E-state index in [4.69, 9.17) is 15.2 Å². The smallest absolute Gasteiger partial charge is 0.424 e. The van der Waals surface area contributed by atoms with E-state index in [1.54, 1.807) is 0 Å². The highest BCUT2D eigenvalue weighted by Gasteiger charge is 2.57. The van der Waals surface area contributed by atoms with Crippen molar-refractivity contribution in [1.82, 2.24) is 15.3 Å². The van der Waals surface area contributed by atoms with Crippen LogP contribution in [0.3, 0.4) is 0 Å². The molecule has 2 aromatic carbocycles. The van der Waals surface area contributed by atoms with Crippen LogP contribution in [0.25, 0.3) is 22.4 Å². The molecule has 1 aliphatic carbocycles. The normalized spacial score (nSPS) is 18.5. The molecule has 50 heavy (non-hydrogen) atoms. The molecule has 2 amide bonds. The molecule has 4 aromatic rings. The number of fused-ring (bicyclic) bond motifs is 1. The molecule has 6 rings (SSSR count). The molecule has 2 aliphatic rings. The van der Waals surface area contributed by atoms with Gasteiger partial charge < -0.3 is 25.6 Å². The lowest BCUT2D eigenvalue weighted by Crippen LogP contribution is -2.51. The standard InChI is InChI=1S/C34H27F7N4O5/c1-31(30(42)47)16-49-28-23(31)13-26(45-27(28)17-2-5-19(35)6-3-17)32(48,34(39,40)41)15-44-29(46)18-4-9-22(25(12-18)50-20-7-8-20)21-10-11-43-14-24(21)33(36,37)38/h2-6,9-14,20,48H,7-8,15-16H2,1H3,(H2,42,47)(H,44,46)/t31-,32?/m0/s1. The predicted octanol–water partition coefficient (Wildman–Crippen LogP) is 5.83. The Morgan fingerprint density at radius 2 is 1.74 bits per heavy atom. The van der Waals surface area contributed by atoms with Crippen LogP contribution in [-0.2, 0) is 22.0 Å². The van der Waals surface area contributed by atoms with E-state index in [0.717, 1.165) is 42.6 Å². The van der Waals surface area contributed by atoms with Crippen LogP contribution in [-0.4, -0.2) is 52.3 Å². The Hall–Kier alpha value is -5.25. The van der Waals surface area contributed by atoms with Gasteiger partial charge in [-0.05, 0) is 74.4 Å². The number of benzene rings is 2. The van der Waals surface area contributed by atoms with E-state index in [1.807, 2.05) is 5.32 Å². The van der Waals surface area contributed by atoms with Gasteiger partial charge in [0.25, 0.3) is 5.91 Å². The number of hydrogen-bond donors (Lipinski definition) is 3. The van der Waals surface area contributed by atoms with Crippen LogP contribution in [0.5, 0.6) is 11.5 Å². The summed E-state index contributed by atoms with van der Waals surface area (Å²) in [4.78, 5) is 33.4. The number of aliphatic hydroxyl groups is 1. The van der Waals surface area contributed by atoms with Gasteiger partial charge in [0, 0.05) is 40.2 Å². The quantitative estimate of drug-likeness (QED) is 0.187. The van der Waals surface area contributed by atoms with Crippen molar-refractivity contribution < 1.29 is 54.9 Å². The molecule has 0 bridgehead atoms. The van der Waals surface area contributed by atoms with Gasteiger partial charge in [0.05, 0.1) is 23.9 Å². The van der Waals surface area contributed by atoms with Crippen molar-refractivity contribution in [2.45, 2.75) is 49.2 Å². The number of amides is 2. The van der Waals surface area contributed by atoms with Gasteiger partial charge in [-0.3, -0.25) is 14.6 Å². The summed E-state index contributed by atoms with van der Waals surface area (Å²) >= 11 is 0. The first-order chi connectivity index (χ1) is 23.4. The first-order valence-electron chi connectivity index (χ1n) is 15.1. The summed E-state index contributed by atoms with van der Waals surface area (Å²) in [7, 11) is 0. The third-order valence-electron chi connectivity index (χ3n) is 8.61. The molecule has 262 valence electrons. The molecule has 1 fully saturated rings. The fourth-order valence-electron chi connectivity index (χ4n) is 5.45. The van der Waals surface area contributed by atoms with E-state index in [9.17, 15) is 45.4 Å². The maximum Gasteiger partial charge on any atom is 0.424 e. The number of aromatic nitrogens is 2. The minimum absolute atomic E-state index is 0.0228. The highest BCUT2D eigenvalue weighted by Crippen LogP contribution is 2.48. The van der Waals surface area contributed by atoms with E-state index < -0.39 is 58.8 Å². The molecule has 0 spiro atoms. The second-order valence-corrected chi connectivity index (χ2v) is 12.2. The summed E-state index contributed by atoms with van der Waals surface area (Å²) in [5.74, 6) is -2.93.